The van der Waals surface area contributed by atoms with E-state index in [1.54, 1.807) is 18.4 Å². The van der Waals surface area contributed by atoms with Gasteiger partial charge in [0.15, 0.2) is 0 Å². The molecular weight excluding hydrogens is 462 g/mol. The number of aromatic nitrogens is 1. The summed E-state index contributed by atoms with van der Waals surface area (Å²) < 4.78 is 7.05. The quantitative estimate of drug-likeness (QED) is 0.305. The van der Waals surface area contributed by atoms with E-state index in [9.17, 15) is 0 Å². The Morgan fingerprint density at radius 3 is 2.36 bits per heavy atom. The van der Waals surface area contributed by atoms with E-state index >= 15 is 0 Å². The van der Waals surface area contributed by atoms with Crippen LogP contribution in [-0.4, -0.2) is 42.2 Å². The molecule has 4 aromatic rings. The lowest BCUT2D eigenvalue weighted by molar-refractivity contribution is 0.197. The molecule has 2 aliphatic heterocycles. The van der Waals surface area contributed by atoms with Gasteiger partial charge in [0.2, 0.25) is 0 Å². The van der Waals surface area contributed by atoms with Gasteiger partial charge >= 0.3 is 0 Å². The molecule has 4 atom stereocenters. The molecule has 6 rings (SSSR count). The van der Waals surface area contributed by atoms with Gasteiger partial charge < -0.3 is 10.1 Å². The highest BCUT2D eigenvalue weighted by molar-refractivity contribution is 7.18. The van der Waals surface area contributed by atoms with Gasteiger partial charge in [0.05, 0.1) is 22.3 Å². The summed E-state index contributed by atoms with van der Waals surface area (Å²) in [7, 11) is 1.78. The number of benzene rings is 3. The second-order valence-corrected chi connectivity index (χ2v) is 11.6. The van der Waals surface area contributed by atoms with Crippen LogP contribution in [0.1, 0.15) is 53.8 Å². The maximum absolute atomic E-state index is 5.84. The van der Waals surface area contributed by atoms with Crippen molar-refractivity contribution in [1.29, 1.82) is 0 Å². The average Bonchev–Trinajstić information content (AvgIpc) is 3.63. The molecule has 0 saturated carbocycles. The third-order valence-corrected chi connectivity index (χ3v) is 9.36. The van der Waals surface area contributed by atoms with Gasteiger partial charge in [0.25, 0.3) is 0 Å². The molecular formula is C31H35N3OS. The van der Waals surface area contributed by atoms with Crippen LogP contribution in [0, 0.1) is 5.92 Å². The van der Waals surface area contributed by atoms with Gasteiger partial charge in [-0.1, -0.05) is 74.5 Å². The Bertz CT molecular complexity index is 1280. The number of fused-ring (bicyclic) bond motifs is 3. The molecule has 2 saturated heterocycles. The Hall–Kier alpha value is -2.73. The highest BCUT2D eigenvalue weighted by atomic mass is 32.1. The molecule has 0 spiro atoms. The number of methoxy groups -OCH3 is 1. The lowest BCUT2D eigenvalue weighted by atomic mass is 9.78. The van der Waals surface area contributed by atoms with Crippen molar-refractivity contribution in [3.8, 4) is 5.75 Å². The SMILES string of the molecule is COc1cc2sc(C(C)C)nc2cc1CN[C@H]1[C@@H]2CCN(C2)[C@@H]1C(c1ccccc1)c1ccccc1. The van der Waals surface area contributed by atoms with Crippen molar-refractivity contribution in [3.05, 3.63) is 94.5 Å². The van der Waals surface area contributed by atoms with E-state index in [1.165, 1.54) is 45.9 Å². The Labute approximate surface area is 218 Å². The predicted molar refractivity (Wildman–Crippen MR) is 149 cm³/mol. The Morgan fingerprint density at radius 2 is 1.72 bits per heavy atom. The van der Waals surface area contributed by atoms with Crippen LogP contribution in [-0.2, 0) is 6.54 Å². The fraction of sp³-hybridized carbons (Fsp3) is 0.387. The maximum atomic E-state index is 5.84. The van der Waals surface area contributed by atoms with Gasteiger partial charge in [0.1, 0.15) is 5.75 Å². The van der Waals surface area contributed by atoms with Crippen molar-refractivity contribution in [2.45, 2.75) is 50.7 Å². The van der Waals surface area contributed by atoms with Crippen LogP contribution in [0.4, 0.5) is 0 Å². The van der Waals surface area contributed by atoms with Crippen LogP contribution in [0.5, 0.6) is 5.75 Å². The van der Waals surface area contributed by atoms with Crippen LogP contribution < -0.4 is 10.1 Å². The van der Waals surface area contributed by atoms with E-state index in [1.807, 2.05) is 0 Å². The smallest absolute Gasteiger partial charge is 0.124 e. The van der Waals surface area contributed by atoms with Crippen molar-refractivity contribution < 1.29 is 4.74 Å². The standard InChI is InChI=1S/C31H35N3OS/c1-20(2)31-33-25-16-24(26(35-3)17-27(25)36-31)18-32-29-23-14-15-34(19-23)30(29)28(21-10-6-4-7-11-21)22-12-8-5-9-13-22/h4-13,16-17,20,23,28-30,32H,14-15,18-19H2,1-3H3/t23-,29+,30-/m1/s1. The van der Waals surface area contributed by atoms with Crippen molar-refractivity contribution in [2.75, 3.05) is 20.2 Å². The van der Waals surface area contributed by atoms with E-state index in [0.717, 1.165) is 17.8 Å². The number of hydrogen-bond acceptors (Lipinski definition) is 5. The zero-order chi connectivity index (χ0) is 24.6. The van der Waals surface area contributed by atoms with E-state index in [4.69, 9.17) is 9.72 Å². The fourth-order valence-corrected chi connectivity index (χ4v) is 7.30. The predicted octanol–water partition coefficient (Wildman–Crippen LogP) is 6.42. The highest BCUT2D eigenvalue weighted by Gasteiger charge is 2.49. The topological polar surface area (TPSA) is 37.4 Å². The van der Waals surface area contributed by atoms with E-state index in [2.05, 4.69) is 96.9 Å². The van der Waals surface area contributed by atoms with Crippen molar-refractivity contribution in [2.24, 2.45) is 5.92 Å². The van der Waals surface area contributed by atoms with E-state index in [-0.39, 0.29) is 0 Å². The molecule has 1 N–H and O–H groups in total. The first kappa shape index (κ1) is 23.7. The van der Waals surface area contributed by atoms with Gasteiger partial charge in [-0.3, -0.25) is 4.90 Å². The molecule has 5 heteroatoms. The first-order valence-corrected chi connectivity index (χ1v) is 14.0. The summed E-state index contributed by atoms with van der Waals surface area (Å²) in [5.41, 5.74) is 5.07. The summed E-state index contributed by atoms with van der Waals surface area (Å²) in [6.07, 6.45) is 1.27. The van der Waals surface area contributed by atoms with Gasteiger partial charge in [-0.15, -0.1) is 11.3 Å². The third kappa shape index (κ3) is 4.34. The minimum atomic E-state index is 0.340. The second kappa shape index (κ2) is 9.97. The number of ether oxygens (including phenoxy) is 1. The van der Waals surface area contributed by atoms with Crippen molar-refractivity contribution in [1.82, 2.24) is 15.2 Å². The second-order valence-electron chi connectivity index (χ2n) is 10.6. The number of hydrogen-bond donors (Lipinski definition) is 1. The minimum absolute atomic E-state index is 0.340. The molecule has 3 aromatic carbocycles. The number of thiazole rings is 1. The maximum Gasteiger partial charge on any atom is 0.124 e. The summed E-state index contributed by atoms with van der Waals surface area (Å²) in [6, 6.07) is 27.4. The normalized spacial score (nSPS) is 23.2. The summed E-state index contributed by atoms with van der Waals surface area (Å²) >= 11 is 1.78. The lowest BCUT2D eigenvalue weighted by Crippen LogP contribution is -2.50. The largest absolute Gasteiger partial charge is 0.496 e. The molecule has 3 heterocycles. The number of rotatable bonds is 8. The molecule has 0 amide bonds. The molecule has 0 aliphatic carbocycles. The molecule has 2 bridgehead atoms. The molecule has 2 aliphatic rings. The van der Waals surface area contributed by atoms with Crippen molar-refractivity contribution in [3.63, 3.8) is 0 Å². The number of nitrogens with one attached hydrogen (secondary N) is 1. The summed E-state index contributed by atoms with van der Waals surface area (Å²) in [6.45, 7) is 7.57. The number of piperidine rings is 1. The van der Waals surface area contributed by atoms with Crippen LogP contribution in [0.2, 0.25) is 0 Å². The minimum Gasteiger partial charge on any atom is -0.496 e. The van der Waals surface area contributed by atoms with Crippen LogP contribution >= 0.6 is 11.3 Å². The third-order valence-electron chi connectivity index (χ3n) is 8.04. The summed E-state index contributed by atoms with van der Waals surface area (Å²) in [5, 5.41) is 5.21. The fourth-order valence-electron chi connectivity index (χ4n) is 6.32. The van der Waals surface area contributed by atoms with Gasteiger partial charge in [0, 0.05) is 42.6 Å². The van der Waals surface area contributed by atoms with Crippen LogP contribution in [0.25, 0.3) is 10.2 Å². The average molecular weight is 498 g/mol. The zero-order valence-electron chi connectivity index (χ0n) is 21.4. The van der Waals surface area contributed by atoms with Crippen LogP contribution in [0.3, 0.4) is 0 Å². The molecule has 36 heavy (non-hydrogen) atoms. The molecule has 186 valence electrons. The summed E-state index contributed by atoms with van der Waals surface area (Å²) in [5.74, 6) is 2.40. The van der Waals surface area contributed by atoms with E-state index < -0.39 is 0 Å². The van der Waals surface area contributed by atoms with Gasteiger partial charge in [-0.2, -0.15) is 0 Å². The summed E-state index contributed by atoms with van der Waals surface area (Å²) in [4.78, 5) is 7.64. The molecule has 0 radical (unpaired) electrons. The number of nitrogens with zero attached hydrogens (tertiary/aromatic N) is 2. The lowest BCUT2D eigenvalue weighted by Gasteiger charge is -2.39. The first-order chi connectivity index (χ1) is 17.6. The monoisotopic (exact) mass is 497 g/mol. The molecule has 1 unspecified atom stereocenters. The molecule has 1 aromatic heterocycles. The van der Waals surface area contributed by atoms with E-state index in [0.29, 0.717) is 29.8 Å². The zero-order valence-corrected chi connectivity index (χ0v) is 22.2. The van der Waals surface area contributed by atoms with Gasteiger partial charge in [-0.25, -0.2) is 4.98 Å². The molecule has 2 fully saturated rings. The highest BCUT2D eigenvalue weighted by Crippen LogP contribution is 2.43. The Kier molecular flexibility index (Phi) is 6.55. The van der Waals surface area contributed by atoms with Gasteiger partial charge in [-0.05, 0) is 42.1 Å². The Morgan fingerprint density at radius 1 is 1.03 bits per heavy atom. The van der Waals surface area contributed by atoms with Crippen LogP contribution in [0.15, 0.2) is 72.8 Å². The Balaban J connectivity index is 1.32. The first-order valence-electron chi connectivity index (χ1n) is 13.2. The van der Waals surface area contributed by atoms with Crippen molar-refractivity contribution >= 4 is 21.6 Å². The molecule has 4 nitrogen and oxygen atoms in total.